The number of carbonyl (C=O) groups excluding carboxylic acids is 1. The first-order chi connectivity index (χ1) is 7.10. The predicted octanol–water partition coefficient (Wildman–Crippen LogP) is -0.00850. The van der Waals surface area contributed by atoms with Gasteiger partial charge in [-0.1, -0.05) is 36.4 Å². The molecule has 1 atom stereocenters. The number of carbonyl (C=O) groups is 1. The summed E-state index contributed by atoms with van der Waals surface area (Å²) < 4.78 is 15.1. The Balaban J connectivity index is 4.41. The lowest BCUT2D eigenvalue weighted by Gasteiger charge is -2.28. The van der Waals surface area contributed by atoms with E-state index >= 15 is 0 Å². The summed E-state index contributed by atoms with van der Waals surface area (Å²) in [5, 5.41) is 12.0. The molecule has 0 aromatic heterocycles. The van der Waals surface area contributed by atoms with Crippen molar-refractivity contribution < 1.29 is 28.8 Å². The summed E-state index contributed by atoms with van der Waals surface area (Å²) in [5.41, 5.74) is -1.09. The standard InChI is InChI=1S/C7H15INO6P/c1-7(2,3-15-16(12,13)14)5(10)6(11)9-4-8/h5,10H,3-4H2,1-2H3,(H,9,11)(H2,12,13,14). The van der Waals surface area contributed by atoms with Gasteiger partial charge in [0.15, 0.2) is 0 Å². The normalized spacial score (nSPS) is 14.6. The molecule has 0 aromatic carbocycles. The number of aliphatic hydroxyl groups is 1. The second-order valence-corrected chi connectivity index (χ2v) is 5.83. The van der Waals surface area contributed by atoms with Crippen molar-refractivity contribution in [3.8, 4) is 0 Å². The van der Waals surface area contributed by atoms with Gasteiger partial charge in [-0.2, -0.15) is 0 Å². The average Bonchev–Trinajstić information content (AvgIpc) is 2.13. The van der Waals surface area contributed by atoms with Crippen LogP contribution in [0, 0.1) is 5.41 Å². The van der Waals surface area contributed by atoms with Crippen LogP contribution in [0.1, 0.15) is 13.8 Å². The van der Waals surface area contributed by atoms with Gasteiger partial charge < -0.3 is 20.2 Å². The summed E-state index contributed by atoms with van der Waals surface area (Å²) in [5.74, 6) is -0.603. The highest BCUT2D eigenvalue weighted by atomic mass is 127. The number of halogens is 1. The van der Waals surface area contributed by atoms with Crippen molar-refractivity contribution in [2.24, 2.45) is 5.41 Å². The molecule has 0 saturated heterocycles. The molecule has 0 spiro atoms. The molecule has 4 N–H and O–H groups in total. The predicted molar refractivity (Wildman–Crippen MR) is 64.8 cm³/mol. The van der Waals surface area contributed by atoms with Gasteiger partial charge in [0.2, 0.25) is 5.91 Å². The maximum absolute atomic E-state index is 11.3. The van der Waals surface area contributed by atoms with E-state index in [0.717, 1.165) is 0 Å². The fourth-order valence-corrected chi connectivity index (χ4v) is 1.72. The van der Waals surface area contributed by atoms with Gasteiger partial charge in [0.05, 0.1) is 11.2 Å². The van der Waals surface area contributed by atoms with Crippen molar-refractivity contribution in [2.75, 3.05) is 11.2 Å². The Bertz CT molecular complexity index is 291. The van der Waals surface area contributed by atoms with Gasteiger partial charge in [-0.25, -0.2) is 4.57 Å². The van der Waals surface area contributed by atoms with E-state index in [1.54, 1.807) is 0 Å². The van der Waals surface area contributed by atoms with E-state index in [1.807, 2.05) is 22.6 Å². The molecule has 0 rings (SSSR count). The molecule has 0 radical (unpaired) electrons. The average molecular weight is 367 g/mol. The molecule has 0 aliphatic rings. The van der Waals surface area contributed by atoms with E-state index in [2.05, 4.69) is 9.84 Å². The monoisotopic (exact) mass is 367 g/mol. The van der Waals surface area contributed by atoms with Crippen LogP contribution in [-0.4, -0.2) is 38.1 Å². The first-order valence-corrected chi connectivity index (χ1v) is 7.37. The van der Waals surface area contributed by atoms with Gasteiger partial charge in [-0.3, -0.25) is 9.32 Å². The topological polar surface area (TPSA) is 116 Å². The van der Waals surface area contributed by atoms with E-state index in [4.69, 9.17) is 9.79 Å². The third-order valence-corrected chi connectivity index (χ3v) is 2.68. The molecule has 0 heterocycles. The largest absolute Gasteiger partial charge is 0.469 e. The minimum absolute atomic E-state index is 0.336. The highest BCUT2D eigenvalue weighted by molar-refractivity contribution is 14.1. The van der Waals surface area contributed by atoms with Crippen molar-refractivity contribution in [3.63, 3.8) is 0 Å². The first-order valence-electron chi connectivity index (χ1n) is 4.32. The number of hydrogen-bond donors (Lipinski definition) is 4. The number of phosphoric ester groups is 1. The summed E-state index contributed by atoms with van der Waals surface area (Å²) in [7, 11) is -4.59. The number of phosphoric acid groups is 1. The van der Waals surface area contributed by atoms with Crippen molar-refractivity contribution in [2.45, 2.75) is 20.0 Å². The highest BCUT2D eigenvalue weighted by Crippen LogP contribution is 2.38. The lowest BCUT2D eigenvalue weighted by Crippen LogP contribution is -2.45. The van der Waals surface area contributed by atoms with Gasteiger partial charge in [0.1, 0.15) is 6.10 Å². The minimum Gasteiger partial charge on any atom is -0.383 e. The van der Waals surface area contributed by atoms with Gasteiger partial charge in [0, 0.05) is 5.41 Å². The van der Waals surface area contributed by atoms with Crippen LogP contribution in [-0.2, 0) is 13.9 Å². The van der Waals surface area contributed by atoms with Crippen LogP contribution in [0.25, 0.3) is 0 Å². The molecule has 0 aliphatic heterocycles. The molecule has 16 heavy (non-hydrogen) atoms. The molecule has 7 nitrogen and oxygen atoms in total. The molecule has 1 unspecified atom stereocenters. The number of nitrogens with one attached hydrogen (secondary N) is 1. The van der Waals surface area contributed by atoms with Crippen molar-refractivity contribution in [1.29, 1.82) is 0 Å². The Kier molecular flexibility index (Phi) is 6.38. The third-order valence-electron chi connectivity index (χ3n) is 1.83. The molecule has 0 saturated carbocycles. The lowest BCUT2D eigenvalue weighted by atomic mass is 9.87. The Morgan fingerprint density at radius 2 is 2.06 bits per heavy atom. The van der Waals surface area contributed by atoms with E-state index in [-0.39, 0.29) is 0 Å². The quantitative estimate of drug-likeness (QED) is 0.227. The van der Waals surface area contributed by atoms with Crippen molar-refractivity contribution in [1.82, 2.24) is 5.32 Å². The second kappa shape index (κ2) is 6.27. The highest BCUT2D eigenvalue weighted by Gasteiger charge is 2.35. The van der Waals surface area contributed by atoms with Crippen LogP contribution < -0.4 is 5.32 Å². The van der Waals surface area contributed by atoms with Crippen LogP contribution in [0.4, 0.5) is 0 Å². The summed E-state index contributed by atoms with van der Waals surface area (Å²) in [6, 6.07) is 0. The zero-order chi connectivity index (χ0) is 13.0. The van der Waals surface area contributed by atoms with Crippen molar-refractivity contribution in [3.05, 3.63) is 0 Å². The Morgan fingerprint density at radius 1 is 1.56 bits per heavy atom. The summed E-state index contributed by atoms with van der Waals surface area (Å²) >= 11 is 1.90. The summed E-state index contributed by atoms with van der Waals surface area (Å²) in [4.78, 5) is 28.3. The van der Waals surface area contributed by atoms with Crippen LogP contribution in [0.15, 0.2) is 0 Å². The zero-order valence-electron chi connectivity index (χ0n) is 8.88. The molecular weight excluding hydrogens is 352 g/mol. The molecule has 0 fully saturated rings. The number of alkyl halides is 1. The second-order valence-electron chi connectivity index (χ2n) is 3.83. The van der Waals surface area contributed by atoms with E-state index in [9.17, 15) is 14.5 Å². The van der Waals surface area contributed by atoms with Gasteiger partial charge in [-0.05, 0) is 0 Å². The number of amides is 1. The molecule has 0 bridgehead atoms. The molecule has 96 valence electrons. The number of aliphatic hydroxyl groups excluding tert-OH is 1. The third kappa shape index (κ3) is 6.12. The fourth-order valence-electron chi connectivity index (χ4n) is 0.847. The van der Waals surface area contributed by atoms with Crippen molar-refractivity contribution >= 4 is 36.3 Å². The molecule has 0 aliphatic carbocycles. The van der Waals surface area contributed by atoms with Gasteiger partial charge in [0.25, 0.3) is 0 Å². The van der Waals surface area contributed by atoms with Gasteiger partial charge >= 0.3 is 7.82 Å². The van der Waals surface area contributed by atoms with Gasteiger partial charge in [-0.15, -0.1) is 0 Å². The molecule has 1 amide bonds. The lowest BCUT2D eigenvalue weighted by molar-refractivity contribution is -0.136. The van der Waals surface area contributed by atoms with E-state index in [1.165, 1.54) is 13.8 Å². The number of rotatable bonds is 6. The van der Waals surface area contributed by atoms with E-state index in [0.29, 0.717) is 4.55 Å². The van der Waals surface area contributed by atoms with E-state index < -0.39 is 31.9 Å². The molecule has 9 heteroatoms. The van der Waals surface area contributed by atoms with Crippen LogP contribution >= 0.6 is 30.4 Å². The first kappa shape index (κ1) is 16.3. The van der Waals surface area contributed by atoms with Crippen LogP contribution in [0.2, 0.25) is 0 Å². The maximum atomic E-state index is 11.3. The number of hydrogen-bond acceptors (Lipinski definition) is 4. The Labute approximate surface area is 107 Å². The SMILES string of the molecule is CC(C)(COP(=O)(O)O)C(O)C(=O)NCI. The Morgan fingerprint density at radius 3 is 2.44 bits per heavy atom. The summed E-state index contributed by atoms with van der Waals surface area (Å²) in [6.07, 6.45) is -1.39. The summed E-state index contributed by atoms with van der Waals surface area (Å²) in [6.45, 7) is 2.52. The molecular formula is C7H15INO6P. The van der Waals surface area contributed by atoms with Crippen LogP contribution in [0.3, 0.4) is 0 Å². The Hall–Kier alpha value is 0.270. The smallest absolute Gasteiger partial charge is 0.383 e. The van der Waals surface area contributed by atoms with Crippen LogP contribution in [0.5, 0.6) is 0 Å². The maximum Gasteiger partial charge on any atom is 0.469 e. The zero-order valence-corrected chi connectivity index (χ0v) is 11.9. The molecule has 0 aromatic rings. The minimum atomic E-state index is -4.59. The fraction of sp³-hybridized carbons (Fsp3) is 0.857.